The van der Waals surface area contributed by atoms with Gasteiger partial charge in [0.1, 0.15) is 11.8 Å². The van der Waals surface area contributed by atoms with Crippen LogP contribution in [0.25, 0.3) is 5.57 Å². The van der Waals surface area contributed by atoms with Crippen molar-refractivity contribution in [3.63, 3.8) is 0 Å². The smallest absolute Gasteiger partial charge is 0.354 e. The van der Waals surface area contributed by atoms with Gasteiger partial charge in [-0.3, -0.25) is 0 Å². The highest BCUT2D eigenvalue weighted by Crippen LogP contribution is 2.37. The third-order valence-electron chi connectivity index (χ3n) is 4.30. The van der Waals surface area contributed by atoms with Crippen molar-refractivity contribution in [2.45, 2.75) is 18.2 Å². The maximum Gasteiger partial charge on any atom is 0.354 e. The molecule has 0 saturated carbocycles. The Morgan fingerprint density at radius 3 is 2.58 bits per heavy atom. The summed E-state index contributed by atoms with van der Waals surface area (Å²) in [4.78, 5) is 15.2. The van der Waals surface area contributed by atoms with Gasteiger partial charge in [0.05, 0.1) is 12.3 Å². The zero-order valence-electron chi connectivity index (χ0n) is 13.8. The number of carbonyl (C=O) groups is 1. The molecule has 0 aliphatic heterocycles. The van der Waals surface area contributed by atoms with Gasteiger partial charge in [0.2, 0.25) is 0 Å². The fourth-order valence-electron chi connectivity index (χ4n) is 2.82. The van der Waals surface area contributed by atoms with Gasteiger partial charge in [0, 0.05) is 6.42 Å². The molecule has 2 aromatic rings. The van der Waals surface area contributed by atoms with Crippen molar-refractivity contribution < 1.29 is 24.5 Å². The Balaban J connectivity index is 1.96. The van der Waals surface area contributed by atoms with Crippen LogP contribution < -0.4 is 0 Å². The lowest BCUT2D eigenvalue weighted by molar-refractivity contribution is 0.0687. The van der Waals surface area contributed by atoms with Crippen molar-refractivity contribution in [2.24, 2.45) is 0 Å². The number of nitrogens with zero attached hydrogens (tertiary/aromatic N) is 1. The summed E-state index contributed by atoms with van der Waals surface area (Å²) in [6, 6.07) is 11.9. The lowest BCUT2D eigenvalue weighted by Gasteiger charge is -2.25. The van der Waals surface area contributed by atoms with Crippen LogP contribution >= 0.6 is 0 Å². The van der Waals surface area contributed by atoms with Crippen molar-refractivity contribution >= 4 is 11.5 Å². The van der Waals surface area contributed by atoms with Gasteiger partial charge < -0.3 is 15.3 Å². The Bertz CT molecular complexity index is 879. The lowest BCUT2D eigenvalue weighted by atomic mass is 9.87. The molecule has 3 rings (SSSR count). The van der Waals surface area contributed by atoms with Crippen molar-refractivity contribution in [1.29, 1.82) is 0 Å². The summed E-state index contributed by atoms with van der Waals surface area (Å²) in [5, 5.41) is 28.1. The number of halogens is 1. The second-order valence-electron chi connectivity index (χ2n) is 6.10. The van der Waals surface area contributed by atoms with Crippen LogP contribution in [0.4, 0.5) is 4.39 Å². The molecule has 1 aliphatic rings. The number of carboxylic acids is 1. The molecule has 1 heterocycles. The number of alkyl halides is 1. The molecule has 3 N–H and O–H groups in total. The summed E-state index contributed by atoms with van der Waals surface area (Å²) < 4.78 is 15.5. The summed E-state index contributed by atoms with van der Waals surface area (Å²) in [6.45, 7) is -0.601. The fourth-order valence-corrected chi connectivity index (χ4v) is 2.82. The lowest BCUT2D eigenvalue weighted by Crippen LogP contribution is -2.22. The van der Waals surface area contributed by atoms with Crippen LogP contribution in [0, 0.1) is 0 Å². The van der Waals surface area contributed by atoms with Gasteiger partial charge in [-0.05, 0) is 34.9 Å². The largest absolute Gasteiger partial charge is 0.477 e. The normalized spacial score (nSPS) is 20.5. The number of hydrogen-bond acceptors (Lipinski definition) is 4. The zero-order valence-corrected chi connectivity index (χ0v) is 13.8. The van der Waals surface area contributed by atoms with E-state index in [4.69, 9.17) is 5.11 Å². The first kappa shape index (κ1) is 18.0. The molecule has 2 unspecified atom stereocenters. The Hall–Kier alpha value is -2.83. The van der Waals surface area contributed by atoms with Crippen molar-refractivity contribution in [2.75, 3.05) is 6.61 Å². The van der Waals surface area contributed by atoms with Gasteiger partial charge in [0.15, 0.2) is 5.67 Å². The molecule has 134 valence electrons. The second kappa shape index (κ2) is 7.19. The number of aliphatic hydroxyl groups excluding tert-OH is 2. The van der Waals surface area contributed by atoms with Crippen LogP contribution in [0.2, 0.25) is 0 Å². The SMILES string of the molecule is O=C(O)c1cc(C(O)CO)cc(C2(F)C=CC(c3ccccc3)=CC2)n1. The molecule has 1 aromatic carbocycles. The van der Waals surface area contributed by atoms with Gasteiger partial charge in [-0.2, -0.15) is 0 Å². The summed E-state index contributed by atoms with van der Waals surface area (Å²) in [5.74, 6) is -1.33. The molecule has 26 heavy (non-hydrogen) atoms. The molecule has 5 nitrogen and oxygen atoms in total. The van der Waals surface area contributed by atoms with E-state index < -0.39 is 24.3 Å². The molecule has 0 fully saturated rings. The van der Waals surface area contributed by atoms with E-state index in [-0.39, 0.29) is 23.4 Å². The maximum atomic E-state index is 15.5. The topological polar surface area (TPSA) is 90.7 Å². The van der Waals surface area contributed by atoms with Gasteiger partial charge in [-0.15, -0.1) is 0 Å². The molecular weight excluding hydrogens is 337 g/mol. The summed E-state index contributed by atoms with van der Waals surface area (Å²) in [7, 11) is 0. The van der Waals surface area contributed by atoms with Gasteiger partial charge in [-0.1, -0.05) is 42.5 Å². The highest BCUT2D eigenvalue weighted by atomic mass is 19.1. The van der Waals surface area contributed by atoms with Gasteiger partial charge >= 0.3 is 5.97 Å². The number of carboxylic acid groups (broad SMARTS) is 1. The van der Waals surface area contributed by atoms with Crippen LogP contribution in [-0.4, -0.2) is 32.9 Å². The first-order valence-electron chi connectivity index (χ1n) is 8.11. The predicted octanol–water partition coefficient (Wildman–Crippen LogP) is 3.01. The van der Waals surface area contributed by atoms with Gasteiger partial charge in [0.25, 0.3) is 0 Å². The van der Waals surface area contributed by atoms with Gasteiger partial charge in [-0.25, -0.2) is 14.2 Å². The Morgan fingerprint density at radius 1 is 1.27 bits per heavy atom. The number of hydrogen-bond donors (Lipinski definition) is 3. The molecule has 1 aromatic heterocycles. The minimum absolute atomic E-state index is 0.0154. The van der Waals surface area contributed by atoms with Crippen LogP contribution in [0.15, 0.2) is 60.7 Å². The molecule has 1 aliphatic carbocycles. The van der Waals surface area contributed by atoms with Crippen LogP contribution in [-0.2, 0) is 5.67 Å². The van der Waals surface area contributed by atoms with Crippen LogP contribution in [0.1, 0.15) is 39.8 Å². The molecule has 0 amide bonds. The molecule has 2 atom stereocenters. The minimum Gasteiger partial charge on any atom is -0.477 e. The van der Waals surface area contributed by atoms with E-state index >= 15 is 4.39 Å². The Labute approximate surface area is 149 Å². The van der Waals surface area contributed by atoms with Crippen molar-refractivity contribution in [1.82, 2.24) is 4.98 Å². The van der Waals surface area contributed by atoms with Crippen LogP contribution in [0.3, 0.4) is 0 Å². The van der Waals surface area contributed by atoms with E-state index in [1.54, 1.807) is 12.2 Å². The summed E-state index contributed by atoms with van der Waals surface area (Å²) in [5.41, 5.74) is -0.558. The maximum absolute atomic E-state index is 15.5. The number of rotatable bonds is 5. The second-order valence-corrected chi connectivity index (χ2v) is 6.10. The average Bonchev–Trinajstić information content (AvgIpc) is 2.68. The minimum atomic E-state index is -1.99. The molecule has 0 spiro atoms. The number of aromatic nitrogens is 1. The van der Waals surface area contributed by atoms with E-state index in [1.807, 2.05) is 30.3 Å². The first-order chi connectivity index (χ1) is 12.4. The number of aliphatic hydroxyl groups is 2. The summed E-state index contributed by atoms with van der Waals surface area (Å²) in [6.07, 6.45) is 3.39. The quantitative estimate of drug-likeness (QED) is 0.767. The third-order valence-corrected chi connectivity index (χ3v) is 4.30. The predicted molar refractivity (Wildman–Crippen MR) is 94.2 cm³/mol. The van der Waals surface area contributed by atoms with E-state index in [0.717, 1.165) is 17.2 Å². The number of pyridine rings is 1. The van der Waals surface area contributed by atoms with Crippen molar-refractivity contribution in [3.05, 3.63) is 83.2 Å². The third kappa shape index (κ3) is 3.56. The monoisotopic (exact) mass is 355 g/mol. The Morgan fingerprint density at radius 2 is 2.00 bits per heavy atom. The standard InChI is InChI=1S/C20H18FNO4/c21-20(8-6-14(7-9-20)13-4-2-1-3-5-13)18-11-15(17(24)12-23)10-16(22-18)19(25)26/h1-8,10-11,17,23-24H,9,12H2,(H,25,26). The number of allylic oxidation sites excluding steroid dienone is 4. The molecule has 0 radical (unpaired) electrons. The fraction of sp³-hybridized carbons (Fsp3) is 0.200. The molecule has 0 saturated heterocycles. The Kier molecular flexibility index (Phi) is 4.97. The van der Waals surface area contributed by atoms with E-state index in [1.165, 1.54) is 12.1 Å². The van der Waals surface area contributed by atoms with E-state index in [9.17, 15) is 15.0 Å². The zero-order chi connectivity index (χ0) is 18.7. The van der Waals surface area contributed by atoms with E-state index in [2.05, 4.69) is 4.98 Å². The van der Waals surface area contributed by atoms with Crippen molar-refractivity contribution in [3.8, 4) is 0 Å². The molecule has 0 bridgehead atoms. The molecular formula is C20H18FNO4. The van der Waals surface area contributed by atoms with Crippen LogP contribution in [0.5, 0.6) is 0 Å². The highest BCUT2D eigenvalue weighted by Gasteiger charge is 2.33. The molecule has 6 heteroatoms. The average molecular weight is 355 g/mol. The van der Waals surface area contributed by atoms with E-state index in [0.29, 0.717) is 0 Å². The summed E-state index contributed by atoms with van der Waals surface area (Å²) >= 11 is 0. The highest BCUT2D eigenvalue weighted by molar-refractivity contribution is 5.85. The number of aromatic carboxylic acids is 1. The first-order valence-corrected chi connectivity index (χ1v) is 8.11. The number of benzene rings is 1.